The van der Waals surface area contributed by atoms with Gasteiger partial charge >= 0.3 is 0 Å². The van der Waals surface area contributed by atoms with Crippen molar-refractivity contribution in [2.24, 2.45) is 0 Å². The van der Waals surface area contributed by atoms with Gasteiger partial charge in [-0.05, 0) is 24.6 Å². The van der Waals surface area contributed by atoms with Crippen molar-refractivity contribution in [1.29, 1.82) is 0 Å². The highest BCUT2D eigenvalue weighted by Crippen LogP contribution is 2.29. The van der Waals surface area contributed by atoms with Crippen molar-refractivity contribution in [2.75, 3.05) is 23.3 Å². The zero-order valence-corrected chi connectivity index (χ0v) is 13.6. The minimum absolute atomic E-state index is 0.506. The molecule has 3 aromatic rings. The Bertz CT molecular complexity index is 892. The highest BCUT2D eigenvalue weighted by Gasteiger charge is 2.37. The molecule has 6 rings (SSSR count). The van der Waals surface area contributed by atoms with Crippen LogP contribution >= 0.6 is 11.6 Å². The van der Waals surface area contributed by atoms with Crippen LogP contribution in [0.15, 0.2) is 30.6 Å². The Hall–Kier alpha value is -2.38. The van der Waals surface area contributed by atoms with Crippen LogP contribution in [0, 0.1) is 0 Å². The summed E-state index contributed by atoms with van der Waals surface area (Å²) in [6.45, 7) is 1.89. The SMILES string of the molecule is Clc1cnc(N2CC3CC(C2)N3)nc1Nc1ccc2[nH]ncc2c1. The molecule has 1 aromatic carbocycles. The van der Waals surface area contributed by atoms with Gasteiger partial charge in [0, 0.05) is 36.2 Å². The molecule has 8 heteroatoms. The van der Waals surface area contributed by atoms with E-state index in [0.717, 1.165) is 35.6 Å². The van der Waals surface area contributed by atoms with E-state index in [2.05, 4.69) is 35.7 Å². The van der Waals surface area contributed by atoms with Crippen LogP contribution in [0.2, 0.25) is 5.02 Å². The number of piperazine rings is 1. The molecule has 3 fully saturated rings. The van der Waals surface area contributed by atoms with E-state index in [-0.39, 0.29) is 0 Å². The van der Waals surface area contributed by atoms with Crippen LogP contribution in [0.5, 0.6) is 0 Å². The number of fused-ring (bicyclic) bond motifs is 3. The molecule has 2 unspecified atom stereocenters. The van der Waals surface area contributed by atoms with Gasteiger partial charge in [0.15, 0.2) is 5.82 Å². The number of nitrogens with one attached hydrogen (secondary N) is 3. The van der Waals surface area contributed by atoms with Gasteiger partial charge < -0.3 is 15.5 Å². The van der Waals surface area contributed by atoms with Crippen molar-refractivity contribution in [1.82, 2.24) is 25.5 Å². The van der Waals surface area contributed by atoms with Gasteiger partial charge in [-0.2, -0.15) is 10.1 Å². The van der Waals surface area contributed by atoms with Crippen molar-refractivity contribution in [2.45, 2.75) is 18.5 Å². The Morgan fingerprint density at radius 2 is 2.04 bits per heavy atom. The first-order chi connectivity index (χ1) is 11.7. The van der Waals surface area contributed by atoms with E-state index in [1.807, 2.05) is 18.2 Å². The monoisotopic (exact) mass is 341 g/mol. The molecule has 24 heavy (non-hydrogen) atoms. The number of halogens is 1. The normalized spacial score (nSPS) is 22.5. The maximum atomic E-state index is 6.28. The predicted molar refractivity (Wildman–Crippen MR) is 94.0 cm³/mol. The third kappa shape index (κ3) is 2.37. The number of aromatic nitrogens is 4. The standard InChI is InChI=1S/C16H16ClN7/c17-13-6-18-16(24-7-11-4-12(8-24)20-11)22-15(13)21-10-1-2-14-9(3-10)5-19-23-14/h1-3,5-6,11-12,20H,4,7-8H2,(H,19,23)(H,18,21,22). The number of hydrogen-bond acceptors (Lipinski definition) is 6. The first-order valence-corrected chi connectivity index (χ1v) is 8.36. The van der Waals surface area contributed by atoms with Crippen LogP contribution in [-0.4, -0.2) is 45.3 Å². The van der Waals surface area contributed by atoms with Gasteiger partial charge in [0.1, 0.15) is 5.02 Å². The minimum atomic E-state index is 0.506. The Kier molecular flexibility index (Phi) is 3.11. The molecule has 3 N–H and O–H groups in total. The van der Waals surface area contributed by atoms with Gasteiger partial charge in [0.05, 0.1) is 17.9 Å². The van der Waals surface area contributed by atoms with E-state index in [4.69, 9.17) is 11.6 Å². The maximum Gasteiger partial charge on any atom is 0.227 e. The zero-order chi connectivity index (χ0) is 16.1. The number of nitrogens with zero attached hydrogens (tertiary/aromatic N) is 4. The van der Waals surface area contributed by atoms with E-state index in [1.54, 1.807) is 12.4 Å². The molecule has 3 saturated heterocycles. The first-order valence-electron chi connectivity index (χ1n) is 7.98. The fraction of sp³-hybridized carbons (Fsp3) is 0.312. The number of benzene rings is 1. The van der Waals surface area contributed by atoms with Gasteiger partial charge in [-0.15, -0.1) is 0 Å². The molecule has 2 bridgehead atoms. The van der Waals surface area contributed by atoms with Crippen molar-refractivity contribution < 1.29 is 0 Å². The molecule has 0 spiro atoms. The lowest BCUT2D eigenvalue weighted by atomic mass is 9.92. The van der Waals surface area contributed by atoms with Crippen LogP contribution in [-0.2, 0) is 0 Å². The lowest BCUT2D eigenvalue weighted by Crippen LogP contribution is -2.67. The van der Waals surface area contributed by atoms with Crippen LogP contribution in [0.1, 0.15) is 6.42 Å². The number of rotatable bonds is 3. The van der Waals surface area contributed by atoms with Crippen LogP contribution < -0.4 is 15.5 Å². The number of aromatic amines is 1. The second-order valence-corrected chi connectivity index (χ2v) is 6.77. The minimum Gasteiger partial charge on any atom is -0.339 e. The second kappa shape index (κ2) is 5.32. The summed E-state index contributed by atoms with van der Waals surface area (Å²) in [5.41, 5.74) is 1.91. The number of piperidine rings is 1. The maximum absolute atomic E-state index is 6.28. The summed E-state index contributed by atoms with van der Waals surface area (Å²) in [7, 11) is 0. The van der Waals surface area contributed by atoms with E-state index in [1.165, 1.54) is 6.42 Å². The van der Waals surface area contributed by atoms with Gasteiger partial charge in [-0.25, -0.2) is 4.98 Å². The van der Waals surface area contributed by atoms with Crippen molar-refractivity contribution in [3.05, 3.63) is 35.6 Å². The van der Waals surface area contributed by atoms with Crippen LogP contribution in [0.25, 0.3) is 10.9 Å². The lowest BCUT2D eigenvalue weighted by Gasteiger charge is -2.48. The molecule has 0 radical (unpaired) electrons. The molecule has 0 saturated carbocycles. The Morgan fingerprint density at radius 3 is 2.88 bits per heavy atom. The Balaban J connectivity index is 1.43. The summed E-state index contributed by atoms with van der Waals surface area (Å²) in [6, 6.07) is 7.07. The average Bonchev–Trinajstić information content (AvgIpc) is 3.04. The number of anilines is 3. The number of hydrogen-bond donors (Lipinski definition) is 3. The van der Waals surface area contributed by atoms with Gasteiger partial charge in [0.25, 0.3) is 0 Å². The summed E-state index contributed by atoms with van der Waals surface area (Å²) in [5, 5.41) is 15.3. The van der Waals surface area contributed by atoms with E-state index in [0.29, 0.717) is 22.9 Å². The molecule has 3 aliphatic rings. The molecule has 3 aliphatic heterocycles. The zero-order valence-electron chi connectivity index (χ0n) is 12.8. The predicted octanol–water partition coefficient (Wildman–Crippen LogP) is 2.30. The smallest absolute Gasteiger partial charge is 0.227 e. The van der Waals surface area contributed by atoms with E-state index in [9.17, 15) is 0 Å². The summed E-state index contributed by atoms with van der Waals surface area (Å²) in [5.74, 6) is 1.35. The number of H-pyrrole nitrogens is 1. The van der Waals surface area contributed by atoms with Crippen molar-refractivity contribution >= 4 is 40.0 Å². The summed E-state index contributed by atoms with van der Waals surface area (Å²) >= 11 is 6.28. The van der Waals surface area contributed by atoms with Gasteiger partial charge in [-0.3, -0.25) is 5.10 Å². The lowest BCUT2D eigenvalue weighted by molar-refractivity contribution is 0.224. The third-order valence-electron chi connectivity index (χ3n) is 4.64. The molecule has 122 valence electrons. The Labute approximate surface area is 143 Å². The van der Waals surface area contributed by atoms with E-state index >= 15 is 0 Å². The highest BCUT2D eigenvalue weighted by molar-refractivity contribution is 6.32. The van der Waals surface area contributed by atoms with Gasteiger partial charge in [-0.1, -0.05) is 11.6 Å². The molecule has 2 atom stereocenters. The molecule has 0 aliphatic carbocycles. The topological polar surface area (TPSA) is 81.8 Å². The molecule has 7 nitrogen and oxygen atoms in total. The molecular formula is C16H16ClN7. The first kappa shape index (κ1) is 14.0. The molecular weight excluding hydrogens is 326 g/mol. The molecule has 0 amide bonds. The molecule has 2 aromatic heterocycles. The fourth-order valence-corrected chi connectivity index (χ4v) is 3.57. The van der Waals surface area contributed by atoms with Crippen molar-refractivity contribution in [3.63, 3.8) is 0 Å². The Morgan fingerprint density at radius 1 is 1.21 bits per heavy atom. The van der Waals surface area contributed by atoms with Gasteiger partial charge in [0.2, 0.25) is 5.95 Å². The quantitative estimate of drug-likeness (QED) is 0.678. The van der Waals surface area contributed by atoms with Crippen LogP contribution in [0.4, 0.5) is 17.5 Å². The largest absolute Gasteiger partial charge is 0.339 e. The van der Waals surface area contributed by atoms with Crippen molar-refractivity contribution in [3.8, 4) is 0 Å². The van der Waals surface area contributed by atoms with E-state index < -0.39 is 0 Å². The average molecular weight is 342 g/mol. The second-order valence-electron chi connectivity index (χ2n) is 6.36. The van der Waals surface area contributed by atoms with Crippen LogP contribution in [0.3, 0.4) is 0 Å². The summed E-state index contributed by atoms with van der Waals surface area (Å²) in [6.07, 6.45) is 4.71. The summed E-state index contributed by atoms with van der Waals surface area (Å²) < 4.78 is 0. The highest BCUT2D eigenvalue weighted by atomic mass is 35.5. The molecule has 5 heterocycles. The summed E-state index contributed by atoms with van der Waals surface area (Å²) in [4.78, 5) is 11.3. The fourth-order valence-electron chi connectivity index (χ4n) is 3.43. The third-order valence-corrected chi connectivity index (χ3v) is 4.92.